The number of hydrogen-bond acceptors (Lipinski definition) is 4. The second-order valence-electron chi connectivity index (χ2n) is 4.03. The third kappa shape index (κ3) is 3.27. The maximum Gasteiger partial charge on any atom is 0.307 e. The van der Waals surface area contributed by atoms with Gasteiger partial charge in [0.15, 0.2) is 0 Å². The van der Waals surface area contributed by atoms with E-state index in [9.17, 15) is 4.79 Å². The van der Waals surface area contributed by atoms with E-state index >= 15 is 0 Å². The van der Waals surface area contributed by atoms with Gasteiger partial charge in [0.05, 0.1) is 13.5 Å². The molecule has 0 bridgehead atoms. The van der Waals surface area contributed by atoms with E-state index in [4.69, 9.17) is 4.74 Å². The first-order chi connectivity index (χ1) is 6.63. The lowest BCUT2D eigenvalue weighted by molar-refractivity contribution is -0.142. The minimum atomic E-state index is -0.114. The van der Waals surface area contributed by atoms with Gasteiger partial charge in [0.2, 0.25) is 0 Å². The molecule has 4 nitrogen and oxygen atoms in total. The molecule has 0 aromatic rings. The molecule has 82 valence electrons. The molecule has 1 heterocycles. The zero-order valence-corrected chi connectivity index (χ0v) is 9.32. The molecule has 0 N–H and O–H groups in total. The average molecular weight is 200 g/mol. The summed E-state index contributed by atoms with van der Waals surface area (Å²) in [5.41, 5.74) is 0. The van der Waals surface area contributed by atoms with E-state index in [0.29, 0.717) is 12.5 Å². The van der Waals surface area contributed by atoms with Gasteiger partial charge in [-0.2, -0.15) is 0 Å². The summed E-state index contributed by atoms with van der Waals surface area (Å²) in [5, 5.41) is 0. The lowest BCUT2D eigenvalue weighted by atomic mass is 10.2. The summed E-state index contributed by atoms with van der Waals surface area (Å²) in [7, 11) is 5.62. The van der Waals surface area contributed by atoms with Crippen LogP contribution in [0.25, 0.3) is 0 Å². The van der Waals surface area contributed by atoms with Gasteiger partial charge in [0.25, 0.3) is 0 Å². The highest BCUT2D eigenvalue weighted by Gasteiger charge is 2.22. The Kier molecular flexibility index (Phi) is 4.35. The van der Waals surface area contributed by atoms with E-state index in [2.05, 4.69) is 23.9 Å². The Morgan fingerprint density at radius 2 is 2.14 bits per heavy atom. The number of hydrogen-bond donors (Lipinski definition) is 0. The fourth-order valence-corrected chi connectivity index (χ4v) is 1.86. The Bertz CT molecular complexity index is 197. The molecule has 14 heavy (non-hydrogen) atoms. The van der Waals surface area contributed by atoms with E-state index < -0.39 is 0 Å². The van der Waals surface area contributed by atoms with Crippen LogP contribution in [0.1, 0.15) is 12.8 Å². The smallest absolute Gasteiger partial charge is 0.307 e. The molecule has 1 unspecified atom stereocenters. The summed E-state index contributed by atoms with van der Waals surface area (Å²) in [4.78, 5) is 15.7. The molecule has 0 aromatic carbocycles. The standard InChI is InChI=1S/C10H20N2O2/c1-11-5-4-6-12(2)9(8-11)7-10(13)14-3/h9H,4-8H2,1-3H3. The van der Waals surface area contributed by atoms with Gasteiger partial charge in [0.1, 0.15) is 0 Å². The van der Waals surface area contributed by atoms with Gasteiger partial charge in [-0.15, -0.1) is 0 Å². The van der Waals surface area contributed by atoms with Crippen molar-refractivity contribution < 1.29 is 9.53 Å². The van der Waals surface area contributed by atoms with Crippen molar-refractivity contribution in [3.63, 3.8) is 0 Å². The van der Waals surface area contributed by atoms with Crippen molar-refractivity contribution in [1.29, 1.82) is 0 Å². The van der Waals surface area contributed by atoms with Gasteiger partial charge < -0.3 is 14.5 Å². The highest BCUT2D eigenvalue weighted by atomic mass is 16.5. The number of carbonyl (C=O) groups excluding carboxylic acids is 1. The molecular formula is C10H20N2O2. The Morgan fingerprint density at radius 1 is 1.43 bits per heavy atom. The highest BCUT2D eigenvalue weighted by molar-refractivity contribution is 5.69. The predicted molar refractivity (Wildman–Crippen MR) is 55.2 cm³/mol. The molecule has 0 spiro atoms. The van der Waals surface area contributed by atoms with Crippen LogP contribution in [0.2, 0.25) is 0 Å². The van der Waals surface area contributed by atoms with E-state index in [0.717, 1.165) is 19.6 Å². The Balaban J connectivity index is 2.49. The maximum absolute atomic E-state index is 11.2. The van der Waals surface area contributed by atoms with Crippen molar-refractivity contribution in [1.82, 2.24) is 9.80 Å². The van der Waals surface area contributed by atoms with Gasteiger partial charge in [-0.05, 0) is 33.6 Å². The van der Waals surface area contributed by atoms with Crippen molar-refractivity contribution in [3.8, 4) is 0 Å². The Labute approximate surface area is 85.8 Å². The van der Waals surface area contributed by atoms with Crippen LogP contribution in [0.15, 0.2) is 0 Å². The van der Waals surface area contributed by atoms with Crippen molar-refractivity contribution in [2.75, 3.05) is 40.8 Å². The minimum Gasteiger partial charge on any atom is -0.469 e. The van der Waals surface area contributed by atoms with Crippen LogP contribution >= 0.6 is 0 Å². The summed E-state index contributed by atoms with van der Waals surface area (Å²) < 4.78 is 4.69. The van der Waals surface area contributed by atoms with E-state index in [1.165, 1.54) is 13.5 Å². The molecule has 1 aliphatic heterocycles. The largest absolute Gasteiger partial charge is 0.469 e. The normalized spacial score (nSPS) is 25.8. The average Bonchev–Trinajstić information content (AvgIpc) is 2.29. The molecule has 0 radical (unpaired) electrons. The first kappa shape index (κ1) is 11.5. The molecule has 1 rings (SSSR count). The zero-order valence-electron chi connectivity index (χ0n) is 9.32. The highest BCUT2D eigenvalue weighted by Crippen LogP contribution is 2.10. The predicted octanol–water partition coefficient (Wildman–Crippen LogP) is 0.185. The number of rotatable bonds is 2. The van der Waals surface area contributed by atoms with Crippen molar-refractivity contribution in [3.05, 3.63) is 0 Å². The number of methoxy groups -OCH3 is 1. The summed E-state index contributed by atoms with van der Waals surface area (Å²) >= 11 is 0. The fraction of sp³-hybridized carbons (Fsp3) is 0.900. The molecular weight excluding hydrogens is 180 g/mol. The molecule has 4 heteroatoms. The van der Waals surface area contributed by atoms with Crippen LogP contribution < -0.4 is 0 Å². The van der Waals surface area contributed by atoms with Crippen molar-refractivity contribution >= 4 is 5.97 Å². The van der Waals surface area contributed by atoms with Crippen LogP contribution in [0.4, 0.5) is 0 Å². The van der Waals surface area contributed by atoms with Gasteiger partial charge in [-0.3, -0.25) is 4.79 Å². The molecule has 1 fully saturated rings. The van der Waals surface area contributed by atoms with Gasteiger partial charge in [-0.1, -0.05) is 0 Å². The number of likely N-dealkylation sites (N-methyl/N-ethyl adjacent to an activating group) is 2. The zero-order chi connectivity index (χ0) is 10.6. The number of carbonyl (C=O) groups is 1. The molecule has 0 amide bonds. The minimum absolute atomic E-state index is 0.114. The van der Waals surface area contributed by atoms with Gasteiger partial charge in [0, 0.05) is 12.6 Å². The molecule has 0 aromatic heterocycles. The lowest BCUT2D eigenvalue weighted by Gasteiger charge is -2.26. The van der Waals surface area contributed by atoms with E-state index in [-0.39, 0.29) is 5.97 Å². The summed E-state index contributed by atoms with van der Waals surface area (Å²) in [6.07, 6.45) is 1.67. The Hall–Kier alpha value is -0.610. The number of esters is 1. The van der Waals surface area contributed by atoms with Crippen LogP contribution in [-0.4, -0.2) is 62.7 Å². The molecule has 1 atom stereocenters. The second kappa shape index (κ2) is 5.32. The number of ether oxygens (including phenoxy) is 1. The van der Waals surface area contributed by atoms with Crippen molar-refractivity contribution in [2.45, 2.75) is 18.9 Å². The maximum atomic E-state index is 11.2. The van der Waals surface area contributed by atoms with Crippen LogP contribution in [0.3, 0.4) is 0 Å². The summed E-state index contributed by atoms with van der Waals surface area (Å²) in [5.74, 6) is -0.114. The number of nitrogens with zero attached hydrogens (tertiary/aromatic N) is 2. The molecule has 1 aliphatic rings. The molecule has 0 saturated carbocycles. The first-order valence-corrected chi connectivity index (χ1v) is 5.09. The third-order valence-electron chi connectivity index (χ3n) is 2.83. The summed E-state index contributed by atoms with van der Waals surface area (Å²) in [6, 6.07) is 0.301. The second-order valence-corrected chi connectivity index (χ2v) is 4.03. The quantitative estimate of drug-likeness (QED) is 0.596. The molecule has 1 saturated heterocycles. The lowest BCUT2D eigenvalue weighted by Crippen LogP contribution is -2.39. The van der Waals surface area contributed by atoms with Crippen molar-refractivity contribution in [2.24, 2.45) is 0 Å². The first-order valence-electron chi connectivity index (χ1n) is 5.09. The van der Waals surface area contributed by atoms with Crippen LogP contribution in [0, 0.1) is 0 Å². The van der Waals surface area contributed by atoms with E-state index in [1.54, 1.807) is 0 Å². The van der Waals surface area contributed by atoms with Gasteiger partial charge >= 0.3 is 5.97 Å². The fourth-order valence-electron chi connectivity index (χ4n) is 1.86. The van der Waals surface area contributed by atoms with Crippen LogP contribution in [0.5, 0.6) is 0 Å². The topological polar surface area (TPSA) is 32.8 Å². The Morgan fingerprint density at radius 3 is 2.79 bits per heavy atom. The third-order valence-corrected chi connectivity index (χ3v) is 2.83. The van der Waals surface area contributed by atoms with Crippen LogP contribution in [-0.2, 0) is 9.53 Å². The molecule has 0 aliphatic carbocycles. The SMILES string of the molecule is COC(=O)CC1CN(C)CCCN1C. The van der Waals surface area contributed by atoms with Gasteiger partial charge in [-0.25, -0.2) is 0 Å². The monoisotopic (exact) mass is 200 g/mol. The summed E-state index contributed by atoms with van der Waals surface area (Å²) in [6.45, 7) is 3.12. The van der Waals surface area contributed by atoms with E-state index in [1.807, 2.05) is 0 Å².